The number of carbonyl (C=O) groups excluding carboxylic acids is 1. The number of hydrogen-bond donors (Lipinski definition) is 1. The highest BCUT2D eigenvalue weighted by atomic mass is 32.2. The minimum atomic E-state index is -3.97. The predicted octanol–water partition coefficient (Wildman–Crippen LogP) is 4.15. The van der Waals surface area contributed by atoms with Crippen LogP contribution in [0.15, 0.2) is 77.7 Å². The highest BCUT2D eigenvalue weighted by molar-refractivity contribution is 7.92. The minimum absolute atomic E-state index is 0.104. The summed E-state index contributed by atoms with van der Waals surface area (Å²) in [7, 11) is -2.47. The Bertz CT molecular complexity index is 1140. The van der Waals surface area contributed by atoms with Gasteiger partial charge in [-0.25, -0.2) is 8.42 Å². The lowest BCUT2D eigenvalue weighted by Crippen LogP contribution is -2.38. The number of ether oxygens (including phenoxy) is 1. The highest BCUT2D eigenvalue weighted by Gasteiger charge is 2.27. The molecule has 0 atom stereocenters. The van der Waals surface area contributed by atoms with Gasteiger partial charge < -0.3 is 10.1 Å². The summed E-state index contributed by atoms with van der Waals surface area (Å²) in [4.78, 5) is 12.9. The Balaban J connectivity index is 1.97. The lowest BCUT2D eigenvalue weighted by atomic mass is 10.1. The van der Waals surface area contributed by atoms with Gasteiger partial charge >= 0.3 is 0 Å². The minimum Gasteiger partial charge on any atom is -0.497 e. The van der Waals surface area contributed by atoms with Crippen molar-refractivity contribution in [3.8, 4) is 5.75 Å². The van der Waals surface area contributed by atoms with Gasteiger partial charge in [-0.1, -0.05) is 36.4 Å². The summed E-state index contributed by atoms with van der Waals surface area (Å²) in [5, 5.41) is 2.83. The third-order valence-electron chi connectivity index (χ3n) is 4.84. The first-order valence-corrected chi connectivity index (χ1v) is 10.8. The zero-order valence-electron chi connectivity index (χ0n) is 17.1. The Morgan fingerprint density at radius 2 is 1.67 bits per heavy atom. The number of sulfonamides is 1. The molecule has 30 heavy (non-hydrogen) atoms. The molecule has 0 radical (unpaired) electrons. The van der Waals surface area contributed by atoms with Crippen molar-refractivity contribution in [1.82, 2.24) is 0 Å². The van der Waals surface area contributed by atoms with E-state index in [4.69, 9.17) is 4.74 Å². The van der Waals surface area contributed by atoms with Gasteiger partial charge in [0.1, 0.15) is 12.3 Å². The summed E-state index contributed by atoms with van der Waals surface area (Å²) >= 11 is 0. The molecule has 3 aromatic rings. The zero-order chi connectivity index (χ0) is 21.7. The largest absolute Gasteiger partial charge is 0.497 e. The molecule has 0 aliphatic rings. The van der Waals surface area contributed by atoms with Gasteiger partial charge in [0.25, 0.3) is 10.0 Å². The maximum Gasteiger partial charge on any atom is 0.264 e. The molecule has 0 bridgehead atoms. The van der Waals surface area contributed by atoms with Crippen molar-refractivity contribution in [3.63, 3.8) is 0 Å². The van der Waals surface area contributed by atoms with Crippen LogP contribution >= 0.6 is 0 Å². The molecule has 1 amide bonds. The van der Waals surface area contributed by atoms with Crippen LogP contribution in [0, 0.1) is 13.8 Å². The average Bonchev–Trinajstić information content (AvgIpc) is 2.76. The molecule has 0 saturated carbocycles. The average molecular weight is 425 g/mol. The smallest absolute Gasteiger partial charge is 0.264 e. The molecule has 0 saturated heterocycles. The molecule has 156 valence electrons. The van der Waals surface area contributed by atoms with Crippen LogP contribution in [0.1, 0.15) is 11.1 Å². The molecular weight excluding hydrogens is 400 g/mol. The third-order valence-corrected chi connectivity index (χ3v) is 6.63. The van der Waals surface area contributed by atoms with E-state index in [0.29, 0.717) is 17.1 Å². The van der Waals surface area contributed by atoms with Crippen molar-refractivity contribution in [2.24, 2.45) is 0 Å². The normalized spacial score (nSPS) is 11.0. The highest BCUT2D eigenvalue weighted by Crippen LogP contribution is 2.27. The van der Waals surface area contributed by atoms with Crippen molar-refractivity contribution in [3.05, 3.63) is 83.9 Å². The van der Waals surface area contributed by atoms with Crippen molar-refractivity contribution in [2.75, 3.05) is 23.3 Å². The number of benzene rings is 3. The quantitative estimate of drug-likeness (QED) is 0.618. The van der Waals surface area contributed by atoms with Crippen molar-refractivity contribution in [2.45, 2.75) is 18.7 Å². The fourth-order valence-electron chi connectivity index (χ4n) is 3.01. The molecule has 0 aliphatic heterocycles. The second-order valence-corrected chi connectivity index (χ2v) is 8.68. The Hall–Kier alpha value is -3.32. The van der Waals surface area contributed by atoms with Crippen LogP contribution in [0.2, 0.25) is 0 Å². The van der Waals surface area contributed by atoms with E-state index >= 15 is 0 Å². The first-order chi connectivity index (χ1) is 14.3. The van der Waals surface area contributed by atoms with Crippen LogP contribution in [-0.2, 0) is 14.8 Å². The van der Waals surface area contributed by atoms with Gasteiger partial charge in [0.05, 0.1) is 17.7 Å². The topological polar surface area (TPSA) is 75.7 Å². The third kappa shape index (κ3) is 4.63. The van der Waals surface area contributed by atoms with E-state index in [1.54, 1.807) is 48.5 Å². The Morgan fingerprint density at radius 3 is 2.37 bits per heavy atom. The number of methoxy groups -OCH3 is 1. The van der Waals surface area contributed by atoms with E-state index in [1.807, 2.05) is 26.0 Å². The number of carbonyl (C=O) groups is 1. The predicted molar refractivity (Wildman–Crippen MR) is 119 cm³/mol. The Kier molecular flexibility index (Phi) is 6.42. The standard InChI is InChI=1S/C23H24N2O4S/c1-17-9-7-14-22(18(17)2)24-23(26)16-25(19-10-8-11-20(15-19)29-3)30(27,28)21-12-5-4-6-13-21/h4-15H,16H2,1-3H3,(H,24,26). The molecule has 3 rings (SSSR count). The number of nitrogens with zero attached hydrogens (tertiary/aromatic N) is 1. The number of hydrogen-bond acceptors (Lipinski definition) is 4. The molecule has 7 heteroatoms. The number of rotatable bonds is 7. The van der Waals surface area contributed by atoms with Gasteiger partial charge in [-0.05, 0) is 55.3 Å². The summed E-state index contributed by atoms with van der Waals surface area (Å²) in [6.07, 6.45) is 0. The maximum absolute atomic E-state index is 13.3. The molecule has 0 fully saturated rings. The van der Waals surface area contributed by atoms with Gasteiger partial charge in [0, 0.05) is 11.8 Å². The van der Waals surface area contributed by atoms with E-state index in [1.165, 1.54) is 19.2 Å². The fourth-order valence-corrected chi connectivity index (χ4v) is 4.44. The maximum atomic E-state index is 13.3. The molecule has 3 aromatic carbocycles. The van der Waals surface area contributed by atoms with Gasteiger partial charge in [0.2, 0.25) is 5.91 Å². The Morgan fingerprint density at radius 1 is 0.967 bits per heavy atom. The molecule has 0 spiro atoms. The van der Waals surface area contributed by atoms with Crippen LogP contribution in [0.4, 0.5) is 11.4 Å². The van der Waals surface area contributed by atoms with Gasteiger partial charge in [-0.15, -0.1) is 0 Å². The first-order valence-electron chi connectivity index (χ1n) is 9.41. The van der Waals surface area contributed by atoms with Crippen LogP contribution < -0.4 is 14.4 Å². The van der Waals surface area contributed by atoms with Crippen LogP contribution in [0.3, 0.4) is 0 Å². The summed E-state index contributed by atoms with van der Waals surface area (Å²) in [5.74, 6) is 0.0572. The van der Waals surface area contributed by atoms with Gasteiger partial charge in [-0.2, -0.15) is 0 Å². The van der Waals surface area contributed by atoms with Crippen LogP contribution in [0.25, 0.3) is 0 Å². The zero-order valence-corrected chi connectivity index (χ0v) is 17.9. The molecule has 0 aliphatic carbocycles. The second kappa shape index (κ2) is 9.00. The van der Waals surface area contributed by atoms with E-state index in [2.05, 4.69) is 5.32 Å². The monoisotopic (exact) mass is 424 g/mol. The number of amides is 1. The second-order valence-electron chi connectivity index (χ2n) is 6.82. The molecular formula is C23H24N2O4S. The van der Waals surface area contributed by atoms with E-state index in [9.17, 15) is 13.2 Å². The summed E-state index contributed by atoms with van der Waals surface area (Å²) in [5.41, 5.74) is 2.97. The molecule has 6 nitrogen and oxygen atoms in total. The lowest BCUT2D eigenvalue weighted by molar-refractivity contribution is -0.114. The molecule has 0 unspecified atom stereocenters. The number of nitrogens with one attached hydrogen (secondary N) is 1. The summed E-state index contributed by atoms with van der Waals surface area (Å²) in [6, 6.07) is 20.3. The Labute approximate surface area is 177 Å². The van der Waals surface area contributed by atoms with E-state index in [0.717, 1.165) is 15.4 Å². The van der Waals surface area contributed by atoms with Crippen molar-refractivity contribution >= 4 is 27.3 Å². The van der Waals surface area contributed by atoms with E-state index < -0.39 is 15.9 Å². The van der Waals surface area contributed by atoms with Crippen LogP contribution in [0.5, 0.6) is 5.75 Å². The molecule has 1 N–H and O–H groups in total. The molecule has 0 aromatic heterocycles. The SMILES string of the molecule is COc1cccc(N(CC(=O)Nc2cccc(C)c2C)S(=O)(=O)c2ccccc2)c1. The lowest BCUT2D eigenvalue weighted by Gasteiger charge is -2.24. The number of aryl methyl sites for hydroxylation is 1. The van der Waals surface area contributed by atoms with Crippen molar-refractivity contribution < 1.29 is 17.9 Å². The first kappa shape index (κ1) is 21.4. The van der Waals surface area contributed by atoms with Crippen LogP contribution in [-0.4, -0.2) is 28.0 Å². The van der Waals surface area contributed by atoms with Gasteiger partial charge in [0.15, 0.2) is 0 Å². The number of anilines is 2. The van der Waals surface area contributed by atoms with E-state index in [-0.39, 0.29) is 11.4 Å². The fraction of sp³-hybridized carbons (Fsp3) is 0.174. The molecule has 0 heterocycles. The summed E-state index contributed by atoms with van der Waals surface area (Å²) < 4.78 is 33.0. The van der Waals surface area contributed by atoms with Crippen molar-refractivity contribution in [1.29, 1.82) is 0 Å². The van der Waals surface area contributed by atoms with Gasteiger partial charge in [-0.3, -0.25) is 9.10 Å². The summed E-state index contributed by atoms with van der Waals surface area (Å²) in [6.45, 7) is 3.48.